The molecule has 0 bridgehead atoms. The lowest BCUT2D eigenvalue weighted by Gasteiger charge is -2.36. The maximum absolute atomic E-state index is 13.4. The number of pyridine rings is 1. The third-order valence-electron chi connectivity index (χ3n) is 6.83. The van der Waals surface area contributed by atoms with E-state index in [9.17, 15) is 31.1 Å². The van der Waals surface area contributed by atoms with Crippen molar-refractivity contribution in [3.05, 3.63) is 57.2 Å². The molecule has 2 saturated heterocycles. The number of halogens is 7. The molecule has 2 aromatic rings. The number of carbonyl (C=O) groups excluding carboxylic acids is 1. The number of nitrogens with zero attached hydrogens (tertiary/aromatic N) is 3. The summed E-state index contributed by atoms with van der Waals surface area (Å²) in [6.07, 6.45) is -8.95. The molecule has 0 spiro atoms. The summed E-state index contributed by atoms with van der Waals surface area (Å²) in [7, 11) is 0. The van der Waals surface area contributed by atoms with Crippen LogP contribution < -0.4 is 4.90 Å². The molecule has 2 aliphatic heterocycles. The van der Waals surface area contributed by atoms with Gasteiger partial charge in [0.2, 0.25) is 0 Å². The van der Waals surface area contributed by atoms with E-state index >= 15 is 0 Å². The first-order valence-electron chi connectivity index (χ1n) is 12.0. The van der Waals surface area contributed by atoms with E-state index in [0.29, 0.717) is 47.7 Å². The van der Waals surface area contributed by atoms with Gasteiger partial charge >= 0.3 is 18.4 Å². The molecule has 2 aliphatic rings. The van der Waals surface area contributed by atoms with Crippen molar-refractivity contribution >= 4 is 27.8 Å². The Morgan fingerprint density at radius 1 is 1.05 bits per heavy atom. The topological polar surface area (TPSA) is 54.9 Å². The van der Waals surface area contributed by atoms with Crippen molar-refractivity contribution in [2.24, 2.45) is 0 Å². The molecule has 13 heteroatoms. The van der Waals surface area contributed by atoms with Gasteiger partial charge in [-0.2, -0.15) is 26.3 Å². The van der Waals surface area contributed by atoms with Crippen LogP contribution in [-0.2, 0) is 28.4 Å². The zero-order valence-corrected chi connectivity index (χ0v) is 22.2. The molecule has 0 saturated carbocycles. The summed E-state index contributed by atoms with van der Waals surface area (Å²) in [4.78, 5) is 20.9. The van der Waals surface area contributed by atoms with Crippen LogP contribution >= 0.6 is 15.9 Å². The van der Waals surface area contributed by atoms with Crippen LogP contribution in [0.2, 0.25) is 0 Å². The molecule has 0 radical (unpaired) electrons. The summed E-state index contributed by atoms with van der Waals surface area (Å²) in [5.74, 6) is 0.643. The summed E-state index contributed by atoms with van der Waals surface area (Å²) in [5, 5.41) is 0. The molecule has 38 heavy (non-hydrogen) atoms. The first-order valence-corrected chi connectivity index (χ1v) is 12.8. The van der Waals surface area contributed by atoms with Crippen molar-refractivity contribution in [3.8, 4) is 0 Å². The van der Waals surface area contributed by atoms with Crippen LogP contribution in [0.15, 0.2) is 34.9 Å². The highest BCUT2D eigenvalue weighted by molar-refractivity contribution is 9.10. The van der Waals surface area contributed by atoms with E-state index in [-0.39, 0.29) is 24.2 Å². The number of ether oxygens (including phenoxy) is 2. The fourth-order valence-corrected chi connectivity index (χ4v) is 5.29. The van der Waals surface area contributed by atoms with E-state index in [1.807, 2.05) is 6.92 Å². The second kappa shape index (κ2) is 10.9. The molecular weight excluding hydrogens is 584 g/mol. The summed E-state index contributed by atoms with van der Waals surface area (Å²) >= 11 is 3.40. The van der Waals surface area contributed by atoms with Gasteiger partial charge in [0, 0.05) is 42.0 Å². The van der Waals surface area contributed by atoms with Gasteiger partial charge in [0.1, 0.15) is 11.9 Å². The first-order chi connectivity index (χ1) is 17.8. The number of carbonyl (C=O) groups is 1. The second-order valence-electron chi connectivity index (χ2n) is 9.28. The zero-order chi connectivity index (χ0) is 27.8. The maximum Gasteiger partial charge on any atom is 0.416 e. The SMILES string of the molecule is CCN(c1ncc(Br)cc1CN1C(=O)O[C@H](c2cc(C(F)(F)F)cc(C(F)(F)F)c2)[C@@H]1C)C1CCOCC1. The zero-order valence-electron chi connectivity index (χ0n) is 20.6. The minimum absolute atomic E-state index is 0.00306. The highest BCUT2D eigenvalue weighted by atomic mass is 79.9. The normalized spacial score (nSPS) is 21.1. The molecule has 0 unspecified atom stereocenters. The van der Waals surface area contributed by atoms with Crippen molar-refractivity contribution in [2.45, 2.75) is 63.8 Å². The number of hydrogen-bond acceptors (Lipinski definition) is 5. The van der Waals surface area contributed by atoms with Crippen LogP contribution in [0.4, 0.5) is 37.0 Å². The van der Waals surface area contributed by atoms with E-state index in [2.05, 4.69) is 25.8 Å². The minimum Gasteiger partial charge on any atom is -0.439 e. The summed E-state index contributed by atoms with van der Waals surface area (Å²) < 4.78 is 91.8. The third kappa shape index (κ3) is 6.03. The smallest absolute Gasteiger partial charge is 0.416 e. The number of anilines is 1. The summed E-state index contributed by atoms with van der Waals surface area (Å²) in [5.41, 5.74) is -2.63. The van der Waals surface area contributed by atoms with Gasteiger partial charge in [0.25, 0.3) is 0 Å². The van der Waals surface area contributed by atoms with Crippen LogP contribution in [0.1, 0.15) is 55.0 Å². The van der Waals surface area contributed by atoms with Crippen molar-refractivity contribution in [1.82, 2.24) is 9.88 Å². The van der Waals surface area contributed by atoms with Crippen molar-refractivity contribution in [1.29, 1.82) is 0 Å². The van der Waals surface area contributed by atoms with E-state index in [1.165, 1.54) is 11.8 Å². The van der Waals surface area contributed by atoms with E-state index in [4.69, 9.17) is 9.47 Å². The molecule has 2 atom stereocenters. The van der Waals surface area contributed by atoms with Gasteiger partial charge in [0.15, 0.2) is 0 Å². The quantitative estimate of drug-likeness (QED) is 0.331. The minimum atomic E-state index is -5.01. The van der Waals surface area contributed by atoms with Crippen molar-refractivity contribution in [3.63, 3.8) is 0 Å². The molecule has 1 aromatic carbocycles. The van der Waals surface area contributed by atoms with Crippen LogP contribution in [0, 0.1) is 0 Å². The molecule has 4 rings (SSSR count). The lowest BCUT2D eigenvalue weighted by molar-refractivity contribution is -0.143. The molecule has 2 fully saturated rings. The predicted octanol–water partition coefficient (Wildman–Crippen LogP) is 6.97. The van der Waals surface area contributed by atoms with Gasteiger partial charge in [-0.3, -0.25) is 4.90 Å². The fourth-order valence-electron chi connectivity index (χ4n) is 4.91. The van der Waals surface area contributed by atoms with Crippen molar-refractivity contribution < 1.29 is 40.6 Å². The van der Waals surface area contributed by atoms with E-state index < -0.39 is 41.7 Å². The molecule has 208 valence electrons. The Morgan fingerprint density at radius 3 is 2.21 bits per heavy atom. The van der Waals surface area contributed by atoms with Gasteiger partial charge in [-0.15, -0.1) is 0 Å². The number of hydrogen-bond donors (Lipinski definition) is 0. The Labute approximate surface area is 224 Å². The van der Waals surface area contributed by atoms with Crippen LogP contribution in [-0.4, -0.2) is 47.8 Å². The maximum atomic E-state index is 13.4. The number of cyclic esters (lactones) is 1. The Hall–Kier alpha value is -2.54. The largest absolute Gasteiger partial charge is 0.439 e. The van der Waals surface area contributed by atoms with E-state index in [0.717, 1.165) is 12.8 Å². The Kier molecular flexibility index (Phi) is 8.17. The van der Waals surface area contributed by atoms with Gasteiger partial charge in [-0.05, 0) is 72.4 Å². The summed E-state index contributed by atoms with van der Waals surface area (Å²) in [6.45, 7) is 5.38. The third-order valence-corrected chi connectivity index (χ3v) is 7.26. The molecule has 6 nitrogen and oxygen atoms in total. The monoisotopic (exact) mass is 609 g/mol. The van der Waals surface area contributed by atoms with Crippen LogP contribution in [0.5, 0.6) is 0 Å². The molecule has 0 N–H and O–H groups in total. The number of aromatic nitrogens is 1. The molecule has 3 heterocycles. The van der Waals surface area contributed by atoms with E-state index in [1.54, 1.807) is 12.3 Å². The highest BCUT2D eigenvalue weighted by Gasteiger charge is 2.43. The highest BCUT2D eigenvalue weighted by Crippen LogP contribution is 2.41. The molecular formula is C25H26BrF6N3O3. The Balaban J connectivity index is 1.65. The lowest BCUT2D eigenvalue weighted by atomic mass is 9.97. The number of benzene rings is 1. The molecule has 0 aliphatic carbocycles. The average Bonchev–Trinajstić information content (AvgIpc) is 3.13. The van der Waals surface area contributed by atoms with Crippen LogP contribution in [0.25, 0.3) is 0 Å². The van der Waals surface area contributed by atoms with Crippen molar-refractivity contribution in [2.75, 3.05) is 24.7 Å². The summed E-state index contributed by atoms with van der Waals surface area (Å²) in [6, 6.07) is 2.37. The molecule has 1 aromatic heterocycles. The van der Waals surface area contributed by atoms with Gasteiger partial charge in [0.05, 0.1) is 23.7 Å². The predicted molar refractivity (Wildman–Crippen MR) is 129 cm³/mol. The van der Waals surface area contributed by atoms with Gasteiger partial charge in [-0.25, -0.2) is 9.78 Å². The van der Waals surface area contributed by atoms with Gasteiger partial charge < -0.3 is 14.4 Å². The second-order valence-corrected chi connectivity index (χ2v) is 10.2. The number of rotatable bonds is 6. The Bertz CT molecular complexity index is 1140. The standard InChI is InChI=1S/C25H26BrF6N3O3/c1-3-34(20-4-6-37-7-5-20)22-16(10-19(26)12-33-22)13-35-14(2)21(38-23(35)36)15-8-17(24(27,28)29)11-18(9-15)25(30,31)32/h8-12,14,20-21H,3-7,13H2,1-2H3/t14-,21-/m0/s1. The number of alkyl halides is 6. The Morgan fingerprint density at radius 2 is 1.66 bits per heavy atom. The van der Waals surface area contributed by atoms with Gasteiger partial charge in [-0.1, -0.05) is 0 Å². The molecule has 1 amide bonds. The number of amides is 1. The first kappa shape index (κ1) is 28.5. The van der Waals surface area contributed by atoms with Crippen LogP contribution in [0.3, 0.4) is 0 Å². The average molecular weight is 610 g/mol. The lowest BCUT2D eigenvalue weighted by Crippen LogP contribution is -2.41. The fraction of sp³-hybridized carbons (Fsp3) is 0.520.